The SMILES string of the molecule is CCCNC(=O)C(Cc1ccccc1)N(Cc1cccc(OC)c1)C(=O)CN(c1c(C)cccc1C)S(C)(=O)=O. The number of carbonyl (C=O) groups is 2. The van der Waals surface area contributed by atoms with Crippen molar-refractivity contribution in [3.8, 4) is 5.75 Å². The highest BCUT2D eigenvalue weighted by Gasteiger charge is 2.33. The number of nitrogens with one attached hydrogen (secondary N) is 1. The van der Waals surface area contributed by atoms with Crippen LogP contribution in [0.3, 0.4) is 0 Å². The Hall–Kier alpha value is -3.85. The summed E-state index contributed by atoms with van der Waals surface area (Å²) in [7, 11) is -2.27. The summed E-state index contributed by atoms with van der Waals surface area (Å²) in [6, 6.07) is 21.4. The summed E-state index contributed by atoms with van der Waals surface area (Å²) in [4.78, 5) is 29.2. The van der Waals surface area contributed by atoms with Crippen LogP contribution in [-0.2, 0) is 32.6 Å². The van der Waals surface area contributed by atoms with E-state index in [2.05, 4.69) is 5.32 Å². The summed E-state index contributed by atoms with van der Waals surface area (Å²) < 4.78 is 32.6. The number of para-hydroxylation sites is 1. The number of hydrogen-bond donors (Lipinski definition) is 1. The smallest absolute Gasteiger partial charge is 0.244 e. The fraction of sp³-hybridized carbons (Fsp3) is 0.355. The Bertz CT molecular complexity index is 1390. The Morgan fingerprint density at radius 2 is 1.55 bits per heavy atom. The second-order valence-corrected chi connectivity index (χ2v) is 11.8. The molecule has 8 nitrogen and oxygen atoms in total. The maximum absolute atomic E-state index is 14.2. The van der Waals surface area contributed by atoms with E-state index in [9.17, 15) is 18.0 Å². The zero-order valence-electron chi connectivity index (χ0n) is 23.9. The van der Waals surface area contributed by atoms with Crippen LogP contribution in [0, 0.1) is 13.8 Å². The van der Waals surface area contributed by atoms with Gasteiger partial charge in [0.05, 0.1) is 19.1 Å². The number of amides is 2. The van der Waals surface area contributed by atoms with Gasteiger partial charge < -0.3 is 15.0 Å². The third kappa shape index (κ3) is 8.08. The van der Waals surface area contributed by atoms with Crippen molar-refractivity contribution in [1.82, 2.24) is 10.2 Å². The zero-order valence-corrected chi connectivity index (χ0v) is 24.7. The Kier molecular flexibility index (Phi) is 10.7. The van der Waals surface area contributed by atoms with Crippen molar-refractivity contribution in [2.24, 2.45) is 0 Å². The van der Waals surface area contributed by atoms with Gasteiger partial charge in [-0.25, -0.2) is 8.42 Å². The maximum atomic E-state index is 14.2. The lowest BCUT2D eigenvalue weighted by Crippen LogP contribution is -2.53. The molecule has 0 aliphatic carbocycles. The highest BCUT2D eigenvalue weighted by atomic mass is 32.2. The molecule has 2 amide bonds. The molecule has 0 spiro atoms. The second kappa shape index (κ2) is 14.0. The second-order valence-electron chi connectivity index (χ2n) is 9.88. The fourth-order valence-electron chi connectivity index (χ4n) is 4.66. The van der Waals surface area contributed by atoms with Gasteiger partial charge in [0.2, 0.25) is 21.8 Å². The van der Waals surface area contributed by atoms with E-state index in [1.807, 2.05) is 87.5 Å². The van der Waals surface area contributed by atoms with E-state index in [4.69, 9.17) is 4.74 Å². The van der Waals surface area contributed by atoms with E-state index in [-0.39, 0.29) is 18.9 Å². The van der Waals surface area contributed by atoms with Crippen molar-refractivity contribution >= 4 is 27.5 Å². The van der Waals surface area contributed by atoms with Gasteiger partial charge in [0.25, 0.3) is 0 Å². The number of anilines is 1. The average Bonchev–Trinajstić information content (AvgIpc) is 2.93. The Balaban J connectivity index is 2.09. The first-order valence-electron chi connectivity index (χ1n) is 13.3. The molecule has 0 aliphatic rings. The molecule has 0 radical (unpaired) electrons. The molecule has 214 valence electrons. The number of benzene rings is 3. The maximum Gasteiger partial charge on any atom is 0.244 e. The van der Waals surface area contributed by atoms with Gasteiger partial charge in [0.15, 0.2) is 0 Å². The van der Waals surface area contributed by atoms with Gasteiger partial charge in [-0.15, -0.1) is 0 Å². The van der Waals surface area contributed by atoms with Gasteiger partial charge in [-0.1, -0.05) is 67.6 Å². The first-order valence-corrected chi connectivity index (χ1v) is 15.2. The lowest BCUT2D eigenvalue weighted by atomic mass is 10.0. The van der Waals surface area contributed by atoms with Crippen LogP contribution < -0.4 is 14.4 Å². The van der Waals surface area contributed by atoms with Crippen LogP contribution >= 0.6 is 0 Å². The largest absolute Gasteiger partial charge is 0.497 e. The average molecular weight is 566 g/mol. The van der Waals surface area contributed by atoms with E-state index < -0.39 is 28.5 Å². The van der Waals surface area contributed by atoms with Crippen molar-refractivity contribution in [2.75, 3.05) is 30.8 Å². The van der Waals surface area contributed by atoms with Crippen LogP contribution in [0.15, 0.2) is 72.8 Å². The predicted octanol–water partition coefficient (Wildman–Crippen LogP) is 4.24. The number of nitrogens with zero attached hydrogens (tertiary/aromatic N) is 2. The first kappa shape index (κ1) is 30.7. The molecule has 0 saturated heterocycles. The van der Waals surface area contributed by atoms with Gasteiger partial charge in [-0.05, 0) is 54.7 Å². The quantitative estimate of drug-likeness (QED) is 0.334. The van der Waals surface area contributed by atoms with Crippen LogP contribution in [0.4, 0.5) is 5.69 Å². The summed E-state index contributed by atoms with van der Waals surface area (Å²) in [5.74, 6) is -0.156. The normalized spacial score (nSPS) is 11.9. The van der Waals surface area contributed by atoms with E-state index in [0.29, 0.717) is 18.0 Å². The Labute approximate surface area is 238 Å². The molecule has 0 fully saturated rings. The lowest BCUT2D eigenvalue weighted by molar-refractivity contribution is -0.140. The summed E-state index contributed by atoms with van der Waals surface area (Å²) in [6.45, 7) is 5.70. The van der Waals surface area contributed by atoms with Crippen LogP contribution in [0.2, 0.25) is 0 Å². The molecule has 0 bridgehead atoms. The number of rotatable bonds is 13. The number of carbonyl (C=O) groups excluding carboxylic acids is 2. The van der Waals surface area contributed by atoms with Gasteiger partial charge in [0.1, 0.15) is 18.3 Å². The molecule has 0 aromatic heterocycles. The van der Waals surface area contributed by atoms with Crippen LogP contribution in [-0.4, -0.2) is 57.6 Å². The number of methoxy groups -OCH3 is 1. The van der Waals surface area contributed by atoms with E-state index in [1.165, 1.54) is 4.90 Å². The number of ether oxygens (including phenoxy) is 1. The third-order valence-corrected chi connectivity index (χ3v) is 7.79. The fourth-order valence-corrected chi connectivity index (χ4v) is 5.63. The standard InChI is InChI=1S/C31H39N3O5S/c1-6-18-32-31(36)28(20-25-14-8-7-9-15-25)33(21-26-16-11-17-27(19-26)39-4)29(35)22-34(40(5,37)38)30-23(2)12-10-13-24(30)3/h7-17,19,28H,6,18,20-22H2,1-5H3,(H,32,36). The van der Waals surface area contributed by atoms with E-state index in [1.54, 1.807) is 13.2 Å². The highest BCUT2D eigenvalue weighted by Crippen LogP contribution is 2.27. The number of hydrogen-bond acceptors (Lipinski definition) is 5. The van der Waals surface area contributed by atoms with Crippen LogP contribution in [0.1, 0.15) is 35.6 Å². The van der Waals surface area contributed by atoms with E-state index >= 15 is 0 Å². The molecule has 1 atom stereocenters. The van der Waals surface area contributed by atoms with Gasteiger partial charge >= 0.3 is 0 Å². The molecule has 3 rings (SSSR count). The molecule has 0 saturated carbocycles. The molecular weight excluding hydrogens is 526 g/mol. The topological polar surface area (TPSA) is 96.0 Å². The van der Waals surface area contributed by atoms with Crippen LogP contribution in [0.5, 0.6) is 5.75 Å². The summed E-state index contributed by atoms with van der Waals surface area (Å²) in [6.07, 6.45) is 2.10. The van der Waals surface area contributed by atoms with Gasteiger partial charge in [-0.3, -0.25) is 13.9 Å². The van der Waals surface area contributed by atoms with E-state index in [0.717, 1.165) is 39.2 Å². The lowest BCUT2D eigenvalue weighted by Gasteiger charge is -2.34. The zero-order chi connectivity index (χ0) is 29.3. The minimum absolute atomic E-state index is 0.0947. The van der Waals surface area contributed by atoms with Crippen molar-refractivity contribution in [1.29, 1.82) is 0 Å². The monoisotopic (exact) mass is 565 g/mol. The molecule has 40 heavy (non-hydrogen) atoms. The molecule has 1 N–H and O–H groups in total. The van der Waals surface area contributed by atoms with Crippen molar-refractivity contribution < 1.29 is 22.7 Å². The first-order chi connectivity index (χ1) is 19.0. The molecule has 1 unspecified atom stereocenters. The molecule has 3 aromatic carbocycles. The summed E-state index contributed by atoms with van der Waals surface area (Å²) in [5, 5.41) is 2.94. The predicted molar refractivity (Wildman–Crippen MR) is 159 cm³/mol. The minimum atomic E-state index is -3.83. The highest BCUT2D eigenvalue weighted by molar-refractivity contribution is 7.92. The van der Waals surface area contributed by atoms with Crippen molar-refractivity contribution in [3.63, 3.8) is 0 Å². The van der Waals surface area contributed by atoms with Gasteiger partial charge in [-0.2, -0.15) is 0 Å². The number of aryl methyl sites for hydroxylation is 2. The Morgan fingerprint density at radius 3 is 2.15 bits per heavy atom. The van der Waals surface area contributed by atoms with Crippen LogP contribution in [0.25, 0.3) is 0 Å². The molecule has 0 heterocycles. The third-order valence-electron chi connectivity index (χ3n) is 6.68. The Morgan fingerprint density at radius 1 is 0.925 bits per heavy atom. The molecule has 9 heteroatoms. The molecule has 0 aliphatic heterocycles. The minimum Gasteiger partial charge on any atom is -0.497 e. The van der Waals surface area contributed by atoms with Crippen molar-refractivity contribution in [2.45, 2.75) is 46.2 Å². The van der Waals surface area contributed by atoms with Crippen molar-refractivity contribution in [3.05, 3.63) is 95.1 Å². The summed E-state index contributed by atoms with van der Waals surface area (Å²) >= 11 is 0. The summed E-state index contributed by atoms with van der Waals surface area (Å²) in [5.41, 5.74) is 3.58. The number of sulfonamides is 1. The van der Waals surface area contributed by atoms with Gasteiger partial charge in [0, 0.05) is 19.5 Å². The molecular formula is C31H39N3O5S. The molecule has 3 aromatic rings.